The maximum absolute atomic E-state index is 3.58. The maximum atomic E-state index is 3.58. The van der Waals surface area contributed by atoms with Crippen molar-refractivity contribution in [3.8, 4) is 0 Å². The fourth-order valence-electron chi connectivity index (χ4n) is 0.221. The van der Waals surface area contributed by atoms with E-state index >= 15 is 0 Å². The molecule has 0 saturated heterocycles. The number of halogens is 1. The minimum Gasteiger partial charge on any atom is -1.00 e. The predicted octanol–water partition coefficient (Wildman–Crippen LogP) is 2.19. The average Bonchev–Trinajstić information content (AvgIpc) is 1.61. The van der Waals surface area contributed by atoms with Crippen molar-refractivity contribution < 1.29 is 2.85 Å². The second-order valence-corrected chi connectivity index (χ2v) is 1.91. The van der Waals surface area contributed by atoms with Crippen molar-refractivity contribution in [2.24, 2.45) is 0 Å². The van der Waals surface area contributed by atoms with Gasteiger partial charge in [-0.05, 0) is 12.8 Å². The van der Waals surface area contributed by atoms with Crippen LogP contribution in [0.25, 0.3) is 0 Å². The van der Waals surface area contributed by atoms with Gasteiger partial charge in [-0.1, -0.05) is 22.0 Å². The van der Waals surface area contributed by atoms with Crippen LogP contribution < -0.4 is 0 Å². The Morgan fingerprint density at radius 2 is 2.29 bits per heavy atom. The second kappa shape index (κ2) is 10.1. The van der Waals surface area contributed by atoms with Crippen LogP contribution in [0.1, 0.15) is 15.7 Å². The summed E-state index contributed by atoms with van der Waals surface area (Å²) in [5, 5.41) is 1.10. The molecule has 0 rings (SSSR count). The zero-order valence-electron chi connectivity index (χ0n) is 6.49. The summed E-state index contributed by atoms with van der Waals surface area (Å²) in [6.45, 7) is 3.58. The topological polar surface area (TPSA) is 0 Å². The molecule has 0 saturated carbocycles. The van der Waals surface area contributed by atoms with E-state index in [1.165, 1.54) is 6.42 Å². The molecule has 0 bridgehead atoms. The van der Waals surface area contributed by atoms with Crippen LogP contribution in [-0.2, 0) is 0 Å². The Morgan fingerprint density at radius 3 is 2.43 bits per heavy atom. The molecule has 40 valence electrons. The fourth-order valence-corrected chi connectivity index (χ4v) is 0.545. The first-order valence-electron chi connectivity index (χ1n) is 2.08. The molecule has 0 spiro atoms. The molecular formula is C5H11BrMg. The van der Waals surface area contributed by atoms with E-state index in [1.807, 2.05) is 6.08 Å². The first-order chi connectivity index (χ1) is 2.91. The smallest absolute Gasteiger partial charge is 1.00 e. The molecule has 0 unspecified atom stereocenters. The Balaban J connectivity index is -0.0000000417. The van der Waals surface area contributed by atoms with Gasteiger partial charge >= 0.3 is 23.1 Å². The molecule has 0 atom stereocenters. The Labute approximate surface area is 72.6 Å². The molecule has 0 N–H and O–H groups in total. The van der Waals surface area contributed by atoms with Crippen molar-refractivity contribution in [3.63, 3.8) is 0 Å². The molecule has 0 radical (unpaired) electrons. The molecule has 0 aliphatic carbocycles. The predicted molar refractivity (Wildman–Crippen MR) is 41.2 cm³/mol. The number of hydrogen-bond acceptors (Lipinski definition) is 0. The van der Waals surface area contributed by atoms with Crippen molar-refractivity contribution in [2.75, 3.05) is 5.33 Å². The first-order valence-corrected chi connectivity index (χ1v) is 3.21. The molecular weight excluding hydrogens is 164 g/mol. The van der Waals surface area contributed by atoms with E-state index < -0.39 is 0 Å². The molecule has 0 aromatic heterocycles. The van der Waals surface area contributed by atoms with Crippen molar-refractivity contribution in [2.45, 2.75) is 12.8 Å². The third kappa shape index (κ3) is 10.9. The summed E-state index contributed by atoms with van der Waals surface area (Å²) in [4.78, 5) is 0. The van der Waals surface area contributed by atoms with Crippen LogP contribution in [-0.4, -0.2) is 28.4 Å². The Hall–Kier alpha value is 0.986. The fraction of sp³-hybridized carbons (Fsp3) is 0.600. The molecule has 0 aliphatic heterocycles. The third-order valence-corrected chi connectivity index (χ3v) is 1.10. The summed E-state index contributed by atoms with van der Waals surface area (Å²) in [6.07, 6.45) is 4.27. The van der Waals surface area contributed by atoms with Crippen molar-refractivity contribution in [3.05, 3.63) is 12.7 Å². The van der Waals surface area contributed by atoms with Crippen LogP contribution in [0, 0.1) is 0 Å². The van der Waals surface area contributed by atoms with Gasteiger partial charge in [-0.25, -0.2) is 0 Å². The number of unbranched alkanes of at least 4 members (excludes halogenated alkanes) is 1. The summed E-state index contributed by atoms with van der Waals surface area (Å²) in [5.74, 6) is 0. The van der Waals surface area contributed by atoms with Gasteiger partial charge in [0.1, 0.15) is 0 Å². The van der Waals surface area contributed by atoms with Crippen LogP contribution >= 0.6 is 15.9 Å². The van der Waals surface area contributed by atoms with Gasteiger partial charge in [0.15, 0.2) is 0 Å². The van der Waals surface area contributed by atoms with E-state index in [1.54, 1.807) is 0 Å². The van der Waals surface area contributed by atoms with E-state index in [4.69, 9.17) is 0 Å². The Kier molecular flexibility index (Phi) is 15.6. The van der Waals surface area contributed by atoms with Gasteiger partial charge in [0, 0.05) is 5.33 Å². The molecule has 2 heteroatoms. The van der Waals surface area contributed by atoms with Crippen LogP contribution in [0.15, 0.2) is 12.7 Å². The zero-order chi connectivity index (χ0) is 4.83. The number of hydrogen-bond donors (Lipinski definition) is 0. The quantitative estimate of drug-likeness (QED) is 0.267. The molecule has 0 fully saturated rings. The number of alkyl halides is 1. The maximum Gasteiger partial charge on any atom is 2.00 e. The molecule has 7 heavy (non-hydrogen) atoms. The van der Waals surface area contributed by atoms with Gasteiger partial charge in [0.2, 0.25) is 0 Å². The van der Waals surface area contributed by atoms with Crippen LogP contribution in [0.5, 0.6) is 0 Å². The second-order valence-electron chi connectivity index (χ2n) is 1.12. The minimum atomic E-state index is 0. The molecule has 0 aromatic carbocycles. The Bertz CT molecular complexity index is 43.9. The average molecular weight is 175 g/mol. The van der Waals surface area contributed by atoms with Crippen LogP contribution in [0.2, 0.25) is 0 Å². The van der Waals surface area contributed by atoms with Crippen molar-refractivity contribution in [1.82, 2.24) is 0 Å². The van der Waals surface area contributed by atoms with E-state index in [-0.39, 0.29) is 25.9 Å². The largest absolute Gasteiger partial charge is 2.00 e. The number of rotatable bonds is 3. The first kappa shape index (κ1) is 10.9. The van der Waals surface area contributed by atoms with Crippen LogP contribution in [0.4, 0.5) is 0 Å². The van der Waals surface area contributed by atoms with Crippen molar-refractivity contribution >= 4 is 39.0 Å². The molecule has 0 aromatic rings. The van der Waals surface area contributed by atoms with Gasteiger partial charge in [-0.2, -0.15) is 0 Å². The molecule has 0 nitrogen and oxygen atoms in total. The number of allylic oxidation sites excluding steroid dienone is 1. The van der Waals surface area contributed by atoms with E-state index in [9.17, 15) is 0 Å². The van der Waals surface area contributed by atoms with Gasteiger partial charge < -0.3 is 2.85 Å². The van der Waals surface area contributed by atoms with E-state index in [0.717, 1.165) is 11.8 Å². The van der Waals surface area contributed by atoms with Gasteiger partial charge in [0.25, 0.3) is 0 Å². The monoisotopic (exact) mass is 174 g/mol. The van der Waals surface area contributed by atoms with Gasteiger partial charge in [-0.15, -0.1) is 6.58 Å². The minimum absolute atomic E-state index is 0. The summed E-state index contributed by atoms with van der Waals surface area (Å²) >= 11 is 3.30. The van der Waals surface area contributed by atoms with Gasteiger partial charge in [-0.3, -0.25) is 0 Å². The van der Waals surface area contributed by atoms with Gasteiger partial charge in [0.05, 0.1) is 0 Å². The SMILES string of the molecule is C=CCCCBr.[H-].[H-].[Mg+2]. The molecule has 0 amide bonds. The normalized spacial score (nSPS) is 7.00. The summed E-state index contributed by atoms with van der Waals surface area (Å²) in [6, 6.07) is 0. The summed E-state index contributed by atoms with van der Waals surface area (Å²) < 4.78 is 0. The molecule has 0 heterocycles. The summed E-state index contributed by atoms with van der Waals surface area (Å²) in [7, 11) is 0. The standard InChI is InChI=1S/C5H9Br.Mg.2H/c1-2-3-4-5-6;;;/h2H,1,3-5H2;;;/q;+2;2*-1. The summed E-state index contributed by atoms with van der Waals surface area (Å²) in [5.41, 5.74) is 0. The Morgan fingerprint density at radius 1 is 1.71 bits per heavy atom. The molecule has 0 aliphatic rings. The van der Waals surface area contributed by atoms with E-state index in [0.29, 0.717) is 0 Å². The van der Waals surface area contributed by atoms with Crippen LogP contribution in [0.3, 0.4) is 0 Å². The zero-order valence-corrected chi connectivity index (χ0v) is 7.49. The third-order valence-electron chi connectivity index (χ3n) is 0.542. The van der Waals surface area contributed by atoms with E-state index in [2.05, 4.69) is 22.5 Å². The van der Waals surface area contributed by atoms with Crippen molar-refractivity contribution in [1.29, 1.82) is 0 Å².